The van der Waals surface area contributed by atoms with Gasteiger partial charge in [-0.05, 0) is 0 Å². The first-order valence-corrected chi connectivity index (χ1v) is 4.84. The molecule has 3 nitrogen and oxygen atoms in total. The average molecular weight is 163 g/mol. The van der Waals surface area contributed by atoms with Crippen molar-refractivity contribution in [1.82, 2.24) is 0 Å². The summed E-state index contributed by atoms with van der Waals surface area (Å²) in [5.74, 6) is 0. The van der Waals surface area contributed by atoms with Crippen LogP contribution >= 0.6 is 0 Å². The molecule has 0 aliphatic rings. The quantitative estimate of drug-likeness (QED) is 0.408. The summed E-state index contributed by atoms with van der Waals surface area (Å²) in [7, 11) is 3.49. The van der Waals surface area contributed by atoms with E-state index in [9.17, 15) is 0 Å². The van der Waals surface area contributed by atoms with E-state index >= 15 is 0 Å². The van der Waals surface area contributed by atoms with Crippen molar-refractivity contribution in [2.24, 2.45) is 0 Å². The van der Waals surface area contributed by atoms with Crippen molar-refractivity contribution >= 4 is 15.2 Å². The number of rotatable bonds is 6. The van der Waals surface area contributed by atoms with Gasteiger partial charge in [-0.1, -0.05) is 10.6 Å². The summed E-state index contributed by atoms with van der Waals surface area (Å²) in [5.41, 5.74) is 0. The van der Waals surface area contributed by atoms with E-state index in [-0.39, 0.29) is 5.48 Å². The lowest BCUT2D eigenvalue weighted by atomic mass is 10.8. The molecule has 0 aliphatic heterocycles. The van der Waals surface area contributed by atoms with Gasteiger partial charge in [-0.15, -0.1) is 0 Å². The number of hydrogen-bond acceptors (Lipinski definition) is 2. The van der Waals surface area contributed by atoms with Crippen molar-refractivity contribution < 1.29 is 14.9 Å². The van der Waals surface area contributed by atoms with Gasteiger partial charge in [0.15, 0.2) is 0 Å². The van der Waals surface area contributed by atoms with Crippen LogP contribution in [0.2, 0.25) is 10.6 Å². The molecule has 0 atom stereocenters. The molecule has 0 saturated heterocycles. The van der Waals surface area contributed by atoms with Gasteiger partial charge in [-0.3, -0.25) is 0 Å². The Morgan fingerprint density at radius 1 is 1.00 bits per heavy atom. The Balaban J connectivity index is 0. The summed E-state index contributed by atoms with van der Waals surface area (Å²) >= 11 is 0.568. The van der Waals surface area contributed by atoms with Gasteiger partial charge in [-0.2, -0.15) is 0 Å². The molecule has 61 valence electrons. The molecule has 0 aliphatic carbocycles. The van der Waals surface area contributed by atoms with Crippen LogP contribution in [0.5, 0.6) is 0 Å². The van der Waals surface area contributed by atoms with Gasteiger partial charge >= 0.3 is 0 Å². The zero-order valence-corrected chi connectivity index (χ0v) is 7.88. The molecule has 0 bridgehead atoms. The smallest absolute Gasteiger partial charge is 0.207 e. The normalized spacial score (nSPS) is 8.60. The van der Waals surface area contributed by atoms with E-state index in [1.165, 1.54) is 10.6 Å². The van der Waals surface area contributed by atoms with Gasteiger partial charge in [-0.25, -0.2) is 0 Å². The minimum atomic E-state index is 0. The maximum atomic E-state index is 4.90. The first kappa shape index (κ1) is 13.0. The second kappa shape index (κ2) is 12.1. The molecule has 0 aromatic heterocycles. The van der Waals surface area contributed by atoms with Crippen molar-refractivity contribution in [1.29, 1.82) is 0 Å². The second-order valence-electron chi connectivity index (χ2n) is 1.85. The van der Waals surface area contributed by atoms with Crippen molar-refractivity contribution in [3.05, 3.63) is 0 Å². The largest absolute Gasteiger partial charge is 0.412 e. The predicted molar refractivity (Wildman–Crippen MR) is 42.7 cm³/mol. The first-order valence-electron chi connectivity index (χ1n) is 3.21. The van der Waals surface area contributed by atoms with Gasteiger partial charge in [0.05, 0.1) is 0 Å². The minimum Gasteiger partial charge on any atom is -0.412 e. The van der Waals surface area contributed by atoms with Crippen LogP contribution in [0.4, 0.5) is 0 Å². The van der Waals surface area contributed by atoms with Crippen LogP contribution in [0, 0.1) is 0 Å². The lowest BCUT2D eigenvalue weighted by Gasteiger charge is -1.95. The maximum absolute atomic E-state index is 4.90. The Morgan fingerprint density at radius 3 is 1.70 bits per heavy atom. The minimum absolute atomic E-state index is 0. The maximum Gasteiger partial charge on any atom is 0.207 e. The number of ether oxygens (including phenoxy) is 2. The Morgan fingerprint density at radius 2 is 1.40 bits per heavy atom. The lowest BCUT2D eigenvalue weighted by Crippen LogP contribution is -1.99. The zero-order valence-electron chi connectivity index (χ0n) is 6.72. The fourth-order valence-corrected chi connectivity index (χ4v) is 1.64. The van der Waals surface area contributed by atoms with Crippen LogP contribution in [-0.2, 0) is 9.47 Å². The van der Waals surface area contributed by atoms with E-state index in [1.807, 2.05) is 0 Å². The highest BCUT2D eigenvalue weighted by Crippen LogP contribution is 1.85. The fraction of sp³-hybridized carbons (Fsp3) is 1.00. The zero-order chi connectivity index (χ0) is 6.95. The monoisotopic (exact) mass is 163 g/mol. The van der Waals surface area contributed by atoms with Gasteiger partial charge in [0.1, 0.15) is 0 Å². The number of hydrogen-bond donors (Lipinski definition) is 0. The van der Waals surface area contributed by atoms with Crippen molar-refractivity contribution in [2.75, 3.05) is 27.4 Å². The van der Waals surface area contributed by atoms with E-state index in [4.69, 9.17) is 9.47 Å². The first-order chi connectivity index (χ1) is 4.41. The Labute approximate surface area is 68.7 Å². The topological polar surface area (TPSA) is 50.0 Å². The molecule has 0 amide bonds. The predicted octanol–water partition coefficient (Wildman–Crippen LogP) is -0.00470. The van der Waals surface area contributed by atoms with Crippen LogP contribution in [0.1, 0.15) is 0 Å². The molecule has 0 rings (SSSR count). The standard InChI is InChI=1S/2C3H7O.Al.H2O/c2*1-3-4-2;;/h2*1,3H2,2H3;;1H2. The molecule has 0 fully saturated rings. The lowest BCUT2D eigenvalue weighted by molar-refractivity contribution is 0.210. The molecule has 0 saturated carbocycles. The average Bonchev–Trinajstić information content (AvgIpc) is 1.89. The Bertz CT molecular complexity index is 46.3. The van der Waals surface area contributed by atoms with Crippen LogP contribution in [-0.4, -0.2) is 48.1 Å². The summed E-state index contributed by atoms with van der Waals surface area (Å²) < 4.78 is 9.80. The molecule has 0 aromatic rings. The molecule has 0 spiro atoms. The van der Waals surface area contributed by atoms with E-state index < -0.39 is 0 Å². The third kappa shape index (κ3) is 11.2. The van der Waals surface area contributed by atoms with Crippen molar-refractivity contribution in [3.63, 3.8) is 0 Å². The molecule has 10 heavy (non-hydrogen) atoms. The van der Waals surface area contributed by atoms with Crippen molar-refractivity contribution in [3.8, 4) is 0 Å². The Hall–Kier alpha value is 0.412. The highest BCUT2D eigenvalue weighted by atomic mass is 27.1. The molecule has 0 aromatic carbocycles. The molecule has 0 heterocycles. The SMILES string of the molecule is COC[CH2][Al][CH2]COC.O. The number of methoxy groups -OCH3 is 2. The summed E-state index contributed by atoms with van der Waals surface area (Å²) in [6.07, 6.45) is 0. The van der Waals surface area contributed by atoms with E-state index in [1.54, 1.807) is 14.2 Å². The van der Waals surface area contributed by atoms with E-state index in [0.717, 1.165) is 13.2 Å². The van der Waals surface area contributed by atoms with Crippen molar-refractivity contribution in [2.45, 2.75) is 10.6 Å². The van der Waals surface area contributed by atoms with Crippen LogP contribution in [0.25, 0.3) is 0 Å². The Kier molecular flexibility index (Phi) is 15.8. The van der Waals surface area contributed by atoms with Crippen LogP contribution in [0.15, 0.2) is 0 Å². The summed E-state index contributed by atoms with van der Waals surface area (Å²) in [6, 6.07) is 0. The van der Waals surface area contributed by atoms with E-state index in [2.05, 4.69) is 0 Å². The highest BCUT2D eigenvalue weighted by molar-refractivity contribution is 6.35. The van der Waals surface area contributed by atoms with Crippen LogP contribution < -0.4 is 0 Å². The van der Waals surface area contributed by atoms with Gasteiger partial charge in [0.25, 0.3) is 0 Å². The molecule has 1 radical (unpaired) electrons. The summed E-state index contributed by atoms with van der Waals surface area (Å²) in [5, 5.41) is 2.47. The van der Waals surface area contributed by atoms with Gasteiger partial charge in [0, 0.05) is 27.4 Å². The highest BCUT2D eigenvalue weighted by Gasteiger charge is 1.89. The third-order valence-electron chi connectivity index (χ3n) is 1.05. The third-order valence-corrected chi connectivity index (χ3v) is 2.34. The molecule has 2 N–H and O–H groups in total. The summed E-state index contributed by atoms with van der Waals surface area (Å²) in [4.78, 5) is 0. The molecular weight excluding hydrogens is 147 g/mol. The molecule has 0 unspecified atom stereocenters. The molecular formula is C6H16AlO3. The second-order valence-corrected chi connectivity index (χ2v) is 3.58. The summed E-state index contributed by atoms with van der Waals surface area (Å²) in [6.45, 7) is 1.83. The van der Waals surface area contributed by atoms with E-state index in [0.29, 0.717) is 15.2 Å². The fourth-order valence-electron chi connectivity index (χ4n) is 0.547. The van der Waals surface area contributed by atoms with Crippen LogP contribution in [0.3, 0.4) is 0 Å². The molecule has 4 heteroatoms. The van der Waals surface area contributed by atoms with Gasteiger partial charge in [0.2, 0.25) is 15.2 Å². The van der Waals surface area contributed by atoms with Gasteiger partial charge < -0.3 is 14.9 Å².